The van der Waals surface area contributed by atoms with Crippen molar-refractivity contribution in [3.05, 3.63) is 59.2 Å². The summed E-state index contributed by atoms with van der Waals surface area (Å²) < 4.78 is 5.58. The van der Waals surface area contributed by atoms with E-state index in [1.807, 2.05) is 12.1 Å². The highest BCUT2D eigenvalue weighted by molar-refractivity contribution is 5.46. The minimum atomic E-state index is 0.238. The number of ether oxygens (including phenoxy) is 1. The number of benzene rings is 2. The summed E-state index contributed by atoms with van der Waals surface area (Å²) in [4.78, 5) is 2.23. The summed E-state index contributed by atoms with van der Waals surface area (Å²) in [7, 11) is 4.20. The number of anilines is 1. The first-order valence-corrected chi connectivity index (χ1v) is 6.92. The highest BCUT2D eigenvalue weighted by Gasteiger charge is 2.20. The van der Waals surface area contributed by atoms with Gasteiger partial charge >= 0.3 is 0 Å². The molecule has 2 aromatic carbocycles. The predicted molar refractivity (Wildman–Crippen MR) is 82.0 cm³/mol. The Morgan fingerprint density at radius 2 is 1.75 bits per heavy atom. The van der Waals surface area contributed by atoms with E-state index < -0.39 is 0 Å². The molecule has 0 amide bonds. The Hall–Kier alpha value is -2.00. The molecule has 3 rings (SSSR count). The van der Waals surface area contributed by atoms with Gasteiger partial charge in [-0.15, -0.1) is 0 Å². The maximum Gasteiger partial charge on any atom is 0.122 e. The van der Waals surface area contributed by atoms with Gasteiger partial charge in [-0.2, -0.15) is 0 Å². The first-order valence-electron chi connectivity index (χ1n) is 6.92. The van der Waals surface area contributed by atoms with E-state index in [9.17, 15) is 0 Å². The van der Waals surface area contributed by atoms with E-state index in [1.54, 1.807) is 0 Å². The molecule has 0 aliphatic carbocycles. The van der Waals surface area contributed by atoms with Gasteiger partial charge in [-0.3, -0.25) is 4.90 Å². The van der Waals surface area contributed by atoms with Crippen molar-refractivity contribution in [2.45, 2.75) is 12.5 Å². The molecule has 1 aliphatic heterocycles. The second kappa shape index (κ2) is 5.17. The van der Waals surface area contributed by atoms with E-state index in [0.717, 1.165) is 24.5 Å². The van der Waals surface area contributed by atoms with Crippen LogP contribution in [0.4, 0.5) is 5.69 Å². The molecule has 0 radical (unpaired) electrons. The molecule has 1 heterocycles. The van der Waals surface area contributed by atoms with E-state index in [2.05, 4.69) is 49.3 Å². The van der Waals surface area contributed by atoms with Gasteiger partial charge in [0, 0.05) is 12.1 Å². The summed E-state index contributed by atoms with van der Waals surface area (Å²) in [6.45, 7) is 0.799. The molecule has 0 fully saturated rings. The van der Waals surface area contributed by atoms with E-state index >= 15 is 0 Å². The van der Waals surface area contributed by atoms with E-state index in [4.69, 9.17) is 10.5 Å². The summed E-state index contributed by atoms with van der Waals surface area (Å²) in [6, 6.07) is 14.9. The molecule has 3 heteroatoms. The summed E-state index contributed by atoms with van der Waals surface area (Å²) in [5, 5.41) is 0. The van der Waals surface area contributed by atoms with E-state index in [-0.39, 0.29) is 6.04 Å². The fraction of sp³-hybridized carbons (Fsp3) is 0.294. The smallest absolute Gasteiger partial charge is 0.122 e. The number of fused-ring (bicyclic) bond motifs is 1. The fourth-order valence-electron chi connectivity index (χ4n) is 2.84. The molecule has 1 aliphatic rings. The molecule has 0 saturated carbocycles. The largest absolute Gasteiger partial charge is 0.493 e. The third kappa shape index (κ3) is 2.37. The first kappa shape index (κ1) is 13.0. The van der Waals surface area contributed by atoms with Gasteiger partial charge in [0.15, 0.2) is 0 Å². The zero-order valence-electron chi connectivity index (χ0n) is 12.0. The van der Waals surface area contributed by atoms with Crippen LogP contribution in [0.3, 0.4) is 0 Å². The Labute approximate surface area is 120 Å². The molecule has 0 saturated heterocycles. The Morgan fingerprint density at radius 3 is 2.45 bits per heavy atom. The normalized spacial score (nSPS) is 14.9. The SMILES string of the molecule is CN(C)C(c1ccc(N)cc1)c1ccc2c(c1)CCO2. The van der Waals surface area contributed by atoms with Gasteiger partial charge in [-0.1, -0.05) is 24.3 Å². The Balaban J connectivity index is 2.00. The lowest BCUT2D eigenvalue weighted by atomic mass is 9.95. The molecule has 0 aromatic heterocycles. The van der Waals surface area contributed by atoms with Gasteiger partial charge in [-0.05, 0) is 49.0 Å². The molecule has 2 N–H and O–H groups in total. The van der Waals surface area contributed by atoms with Crippen molar-refractivity contribution >= 4 is 5.69 Å². The van der Waals surface area contributed by atoms with Crippen LogP contribution in [0.2, 0.25) is 0 Å². The lowest BCUT2D eigenvalue weighted by molar-refractivity contribution is 0.341. The Bertz CT molecular complexity index is 605. The van der Waals surface area contributed by atoms with Gasteiger partial charge in [0.05, 0.1) is 12.6 Å². The Kier molecular flexibility index (Phi) is 3.36. The molecular weight excluding hydrogens is 248 g/mol. The molecule has 104 valence electrons. The molecule has 0 bridgehead atoms. The lowest BCUT2D eigenvalue weighted by Gasteiger charge is -2.26. The number of nitrogens with zero attached hydrogens (tertiary/aromatic N) is 1. The molecule has 1 unspecified atom stereocenters. The number of hydrogen-bond acceptors (Lipinski definition) is 3. The lowest BCUT2D eigenvalue weighted by Crippen LogP contribution is -2.21. The van der Waals surface area contributed by atoms with Gasteiger partial charge in [0.25, 0.3) is 0 Å². The van der Waals surface area contributed by atoms with Crippen LogP contribution < -0.4 is 10.5 Å². The highest BCUT2D eigenvalue weighted by Crippen LogP contribution is 2.32. The zero-order valence-corrected chi connectivity index (χ0v) is 12.0. The van der Waals surface area contributed by atoms with Crippen LogP contribution in [0.15, 0.2) is 42.5 Å². The van der Waals surface area contributed by atoms with Gasteiger partial charge in [0.2, 0.25) is 0 Å². The average molecular weight is 268 g/mol. The standard InChI is InChI=1S/C17H20N2O/c1-19(2)17(12-3-6-15(18)7-4-12)14-5-8-16-13(11-14)9-10-20-16/h3-8,11,17H,9-10,18H2,1-2H3. The van der Waals surface area contributed by atoms with Crippen LogP contribution in [0.1, 0.15) is 22.7 Å². The summed E-state index contributed by atoms with van der Waals surface area (Å²) in [5.41, 5.74) is 10.4. The van der Waals surface area contributed by atoms with Crippen molar-refractivity contribution < 1.29 is 4.74 Å². The van der Waals surface area contributed by atoms with Crippen molar-refractivity contribution in [3.63, 3.8) is 0 Å². The van der Waals surface area contributed by atoms with E-state index in [0.29, 0.717) is 0 Å². The topological polar surface area (TPSA) is 38.5 Å². The minimum Gasteiger partial charge on any atom is -0.493 e. The average Bonchev–Trinajstić information content (AvgIpc) is 2.88. The number of hydrogen-bond donors (Lipinski definition) is 1. The Morgan fingerprint density at radius 1 is 1.05 bits per heavy atom. The third-order valence-corrected chi connectivity index (χ3v) is 3.80. The summed E-state index contributed by atoms with van der Waals surface area (Å²) >= 11 is 0. The van der Waals surface area contributed by atoms with E-state index in [1.165, 1.54) is 16.7 Å². The molecule has 3 nitrogen and oxygen atoms in total. The van der Waals surface area contributed by atoms with Crippen molar-refractivity contribution in [1.29, 1.82) is 0 Å². The van der Waals surface area contributed by atoms with Crippen LogP contribution in [0, 0.1) is 0 Å². The van der Waals surface area contributed by atoms with Gasteiger partial charge in [0.1, 0.15) is 5.75 Å². The number of nitrogens with two attached hydrogens (primary N) is 1. The van der Waals surface area contributed by atoms with Crippen LogP contribution in [-0.4, -0.2) is 25.6 Å². The number of rotatable bonds is 3. The van der Waals surface area contributed by atoms with Crippen LogP contribution in [0.5, 0.6) is 5.75 Å². The maximum absolute atomic E-state index is 5.79. The van der Waals surface area contributed by atoms with Crippen molar-refractivity contribution in [2.24, 2.45) is 0 Å². The van der Waals surface area contributed by atoms with Gasteiger partial charge in [-0.25, -0.2) is 0 Å². The minimum absolute atomic E-state index is 0.238. The highest BCUT2D eigenvalue weighted by atomic mass is 16.5. The predicted octanol–water partition coefficient (Wildman–Crippen LogP) is 2.85. The van der Waals surface area contributed by atoms with Crippen LogP contribution in [0.25, 0.3) is 0 Å². The van der Waals surface area contributed by atoms with Crippen LogP contribution in [-0.2, 0) is 6.42 Å². The van der Waals surface area contributed by atoms with Crippen molar-refractivity contribution in [3.8, 4) is 5.75 Å². The van der Waals surface area contributed by atoms with Crippen molar-refractivity contribution in [2.75, 3.05) is 26.4 Å². The summed E-state index contributed by atoms with van der Waals surface area (Å²) in [5.74, 6) is 1.03. The summed E-state index contributed by atoms with van der Waals surface area (Å²) in [6.07, 6.45) is 1.01. The fourth-order valence-corrected chi connectivity index (χ4v) is 2.84. The van der Waals surface area contributed by atoms with Crippen LogP contribution >= 0.6 is 0 Å². The second-order valence-electron chi connectivity index (χ2n) is 5.50. The van der Waals surface area contributed by atoms with Gasteiger partial charge < -0.3 is 10.5 Å². The molecular formula is C17H20N2O. The molecule has 0 spiro atoms. The molecule has 20 heavy (non-hydrogen) atoms. The third-order valence-electron chi connectivity index (χ3n) is 3.80. The first-order chi connectivity index (χ1) is 9.65. The zero-order chi connectivity index (χ0) is 14.1. The monoisotopic (exact) mass is 268 g/mol. The maximum atomic E-state index is 5.79. The van der Waals surface area contributed by atoms with Crippen molar-refractivity contribution in [1.82, 2.24) is 4.90 Å². The number of nitrogen functional groups attached to an aromatic ring is 1. The molecule has 1 atom stereocenters. The second-order valence-corrected chi connectivity index (χ2v) is 5.50. The molecule has 2 aromatic rings. The quantitative estimate of drug-likeness (QED) is 0.870.